The molecule has 18 heavy (non-hydrogen) atoms. The molecule has 1 fully saturated rings. The molecule has 100 valence electrons. The number of ether oxygens (including phenoxy) is 1. The highest BCUT2D eigenvalue weighted by atomic mass is 79.9. The molecule has 0 spiro atoms. The van der Waals surface area contributed by atoms with Crippen LogP contribution in [0.25, 0.3) is 0 Å². The zero-order valence-electron chi connectivity index (χ0n) is 10.2. The van der Waals surface area contributed by atoms with Gasteiger partial charge in [-0.05, 0) is 49.4 Å². The first kappa shape index (κ1) is 13.9. The van der Waals surface area contributed by atoms with Crippen LogP contribution in [0.4, 0.5) is 4.39 Å². The number of hydrazine groups is 1. The van der Waals surface area contributed by atoms with Crippen molar-refractivity contribution in [1.29, 1.82) is 0 Å². The SMILES string of the molecule is NNC(Cc1cc(Br)ccc1F)C1CCCCO1. The highest BCUT2D eigenvalue weighted by Gasteiger charge is 2.24. The van der Waals surface area contributed by atoms with Gasteiger partial charge < -0.3 is 4.74 Å². The zero-order valence-corrected chi connectivity index (χ0v) is 11.7. The van der Waals surface area contributed by atoms with Crippen molar-refractivity contribution in [2.24, 2.45) is 5.84 Å². The predicted octanol–water partition coefficient (Wildman–Crippen LogP) is 2.53. The molecule has 1 heterocycles. The molecule has 1 aromatic carbocycles. The Morgan fingerprint density at radius 3 is 3.00 bits per heavy atom. The molecule has 3 N–H and O–H groups in total. The maximum atomic E-state index is 13.7. The van der Waals surface area contributed by atoms with Crippen molar-refractivity contribution in [3.63, 3.8) is 0 Å². The van der Waals surface area contributed by atoms with Gasteiger partial charge in [-0.25, -0.2) is 4.39 Å². The van der Waals surface area contributed by atoms with Crippen LogP contribution in [0.2, 0.25) is 0 Å². The highest BCUT2D eigenvalue weighted by molar-refractivity contribution is 9.10. The Balaban J connectivity index is 2.06. The Bertz CT molecular complexity index is 397. The fraction of sp³-hybridized carbons (Fsp3) is 0.538. The van der Waals surface area contributed by atoms with Gasteiger partial charge in [0.05, 0.1) is 12.1 Å². The largest absolute Gasteiger partial charge is 0.377 e. The summed E-state index contributed by atoms with van der Waals surface area (Å²) in [5.41, 5.74) is 3.41. The molecule has 5 heteroatoms. The number of rotatable bonds is 4. The van der Waals surface area contributed by atoms with Crippen LogP contribution < -0.4 is 11.3 Å². The van der Waals surface area contributed by atoms with Crippen LogP contribution in [0.15, 0.2) is 22.7 Å². The number of nitrogens with two attached hydrogens (primary N) is 1. The lowest BCUT2D eigenvalue weighted by Crippen LogP contribution is -2.47. The summed E-state index contributed by atoms with van der Waals surface area (Å²) >= 11 is 3.35. The average molecular weight is 317 g/mol. The summed E-state index contributed by atoms with van der Waals surface area (Å²) in [5, 5.41) is 0. The fourth-order valence-corrected chi connectivity index (χ4v) is 2.73. The normalized spacial score (nSPS) is 21.8. The summed E-state index contributed by atoms with van der Waals surface area (Å²) in [5.74, 6) is 5.38. The Morgan fingerprint density at radius 2 is 2.33 bits per heavy atom. The lowest BCUT2D eigenvalue weighted by atomic mass is 9.96. The molecule has 1 saturated heterocycles. The van der Waals surface area contributed by atoms with Crippen LogP contribution >= 0.6 is 15.9 Å². The van der Waals surface area contributed by atoms with Gasteiger partial charge in [0, 0.05) is 11.1 Å². The molecular weight excluding hydrogens is 299 g/mol. The summed E-state index contributed by atoms with van der Waals surface area (Å²) in [6.07, 6.45) is 3.82. The van der Waals surface area contributed by atoms with Crippen molar-refractivity contribution < 1.29 is 9.13 Å². The van der Waals surface area contributed by atoms with Crippen LogP contribution in [0.5, 0.6) is 0 Å². The van der Waals surface area contributed by atoms with E-state index in [0.29, 0.717) is 12.0 Å². The smallest absolute Gasteiger partial charge is 0.126 e. The summed E-state index contributed by atoms with van der Waals surface area (Å²) in [7, 11) is 0. The number of hydrogen-bond donors (Lipinski definition) is 2. The second kappa shape index (κ2) is 6.61. The zero-order chi connectivity index (χ0) is 13.0. The molecule has 1 aromatic rings. The molecule has 2 atom stereocenters. The molecule has 0 amide bonds. The maximum absolute atomic E-state index is 13.7. The van der Waals surface area contributed by atoms with E-state index in [0.717, 1.165) is 30.3 Å². The molecule has 0 aliphatic carbocycles. The Morgan fingerprint density at radius 1 is 1.50 bits per heavy atom. The second-order valence-corrected chi connectivity index (χ2v) is 5.53. The summed E-state index contributed by atoms with van der Waals surface area (Å²) in [6, 6.07) is 4.91. The van der Waals surface area contributed by atoms with Gasteiger partial charge in [-0.1, -0.05) is 15.9 Å². The second-order valence-electron chi connectivity index (χ2n) is 4.62. The summed E-state index contributed by atoms with van der Waals surface area (Å²) in [4.78, 5) is 0. The highest BCUT2D eigenvalue weighted by Crippen LogP contribution is 2.21. The van der Waals surface area contributed by atoms with Crippen LogP contribution in [0.3, 0.4) is 0 Å². The minimum Gasteiger partial charge on any atom is -0.377 e. The number of nitrogens with one attached hydrogen (secondary N) is 1. The van der Waals surface area contributed by atoms with E-state index >= 15 is 0 Å². The Kier molecular flexibility index (Phi) is 5.12. The van der Waals surface area contributed by atoms with Gasteiger partial charge >= 0.3 is 0 Å². The van der Waals surface area contributed by atoms with Gasteiger partial charge in [0.1, 0.15) is 5.82 Å². The van der Waals surface area contributed by atoms with E-state index in [9.17, 15) is 4.39 Å². The third-order valence-electron chi connectivity index (χ3n) is 3.33. The average Bonchev–Trinajstić information content (AvgIpc) is 2.41. The summed E-state index contributed by atoms with van der Waals surface area (Å²) < 4.78 is 20.3. The van der Waals surface area contributed by atoms with Crippen molar-refractivity contribution >= 4 is 15.9 Å². The van der Waals surface area contributed by atoms with Crippen molar-refractivity contribution in [3.8, 4) is 0 Å². The molecule has 0 radical (unpaired) electrons. The molecule has 1 aliphatic heterocycles. The van der Waals surface area contributed by atoms with Gasteiger partial charge in [0.15, 0.2) is 0 Å². The van der Waals surface area contributed by atoms with E-state index in [-0.39, 0.29) is 18.0 Å². The van der Waals surface area contributed by atoms with E-state index in [1.165, 1.54) is 6.07 Å². The minimum atomic E-state index is -0.200. The van der Waals surface area contributed by atoms with Gasteiger partial charge in [-0.15, -0.1) is 0 Å². The Labute approximate surface area is 115 Å². The maximum Gasteiger partial charge on any atom is 0.126 e. The lowest BCUT2D eigenvalue weighted by Gasteiger charge is -2.30. The van der Waals surface area contributed by atoms with Crippen molar-refractivity contribution in [2.45, 2.75) is 37.8 Å². The molecule has 2 rings (SSSR count). The minimum absolute atomic E-state index is 0.0471. The Hall–Kier alpha value is -0.490. The van der Waals surface area contributed by atoms with E-state index in [1.807, 2.05) is 0 Å². The molecule has 3 nitrogen and oxygen atoms in total. The predicted molar refractivity (Wildman–Crippen MR) is 72.5 cm³/mol. The molecule has 1 aliphatic rings. The van der Waals surface area contributed by atoms with Crippen molar-refractivity contribution in [1.82, 2.24) is 5.43 Å². The van der Waals surface area contributed by atoms with E-state index in [2.05, 4.69) is 21.4 Å². The number of halogens is 2. The van der Waals surface area contributed by atoms with Crippen molar-refractivity contribution in [3.05, 3.63) is 34.1 Å². The van der Waals surface area contributed by atoms with Crippen LogP contribution in [-0.4, -0.2) is 18.8 Å². The van der Waals surface area contributed by atoms with Gasteiger partial charge in [0.25, 0.3) is 0 Å². The standard InChI is InChI=1S/C13H18BrFN2O/c14-10-4-5-11(15)9(7-10)8-12(17-16)13-3-1-2-6-18-13/h4-5,7,12-13,17H,1-3,6,8,16H2. The van der Waals surface area contributed by atoms with Crippen LogP contribution in [0.1, 0.15) is 24.8 Å². The van der Waals surface area contributed by atoms with E-state index in [1.54, 1.807) is 12.1 Å². The van der Waals surface area contributed by atoms with Crippen LogP contribution in [-0.2, 0) is 11.2 Å². The third kappa shape index (κ3) is 3.51. The quantitative estimate of drug-likeness (QED) is 0.663. The molecular formula is C13H18BrFN2O. The van der Waals surface area contributed by atoms with Crippen LogP contribution in [0, 0.1) is 5.82 Å². The monoisotopic (exact) mass is 316 g/mol. The van der Waals surface area contributed by atoms with E-state index in [4.69, 9.17) is 10.6 Å². The van der Waals surface area contributed by atoms with Gasteiger partial charge in [-0.2, -0.15) is 0 Å². The third-order valence-corrected chi connectivity index (χ3v) is 3.82. The topological polar surface area (TPSA) is 47.3 Å². The molecule has 2 unspecified atom stereocenters. The van der Waals surface area contributed by atoms with Crippen molar-refractivity contribution in [2.75, 3.05) is 6.61 Å². The van der Waals surface area contributed by atoms with Gasteiger partial charge in [0.2, 0.25) is 0 Å². The number of benzene rings is 1. The lowest BCUT2D eigenvalue weighted by molar-refractivity contribution is -0.00758. The summed E-state index contributed by atoms with van der Waals surface area (Å²) in [6.45, 7) is 0.768. The number of hydrogen-bond acceptors (Lipinski definition) is 3. The first-order valence-electron chi connectivity index (χ1n) is 6.22. The first-order chi connectivity index (χ1) is 8.70. The molecule has 0 saturated carbocycles. The van der Waals surface area contributed by atoms with E-state index < -0.39 is 0 Å². The first-order valence-corrected chi connectivity index (χ1v) is 7.01. The molecule has 0 bridgehead atoms. The fourth-order valence-electron chi connectivity index (χ4n) is 2.32. The van der Waals surface area contributed by atoms with Gasteiger partial charge in [-0.3, -0.25) is 11.3 Å². The molecule has 0 aromatic heterocycles.